The molecule has 32 heavy (non-hydrogen) atoms. The number of aliphatic carboxylic acids is 1. The highest BCUT2D eigenvalue weighted by Crippen LogP contribution is 2.15. The van der Waals surface area contributed by atoms with Gasteiger partial charge in [0.15, 0.2) is 0 Å². The molecule has 0 aromatic rings. The van der Waals surface area contributed by atoms with E-state index in [0.29, 0.717) is 6.42 Å². The Hall–Kier alpha value is -1.05. The molecule has 0 rings (SSSR count). The van der Waals surface area contributed by atoms with Gasteiger partial charge in [-0.25, -0.2) is 0 Å². The Morgan fingerprint density at radius 3 is 1.19 bits per heavy atom. The molecule has 0 radical (unpaired) electrons. The van der Waals surface area contributed by atoms with Gasteiger partial charge in [0, 0.05) is 6.42 Å². The van der Waals surface area contributed by atoms with Crippen LogP contribution in [0.2, 0.25) is 0 Å². The lowest BCUT2D eigenvalue weighted by atomic mass is 10.0. The normalized spacial score (nSPS) is 11.8. The lowest BCUT2D eigenvalue weighted by Crippen LogP contribution is -1.93. The minimum absolute atomic E-state index is 0.344. The standard InChI is InChI=1S/C30H56O2/c1-2-3-4-5-6-7-8-9-10-11-12-13-14-15-16-17-18-19-20-21-22-23-24-25-26-27-28-29-30(31)32/h2-3,5-6H,4,7-29H2,1H3,(H,31,32). The molecule has 0 spiro atoms. The van der Waals surface area contributed by atoms with Gasteiger partial charge in [-0.15, -0.1) is 0 Å². The summed E-state index contributed by atoms with van der Waals surface area (Å²) in [5.41, 5.74) is 0. The molecule has 0 amide bonds. The first kappa shape index (κ1) is 30.9. The maximum absolute atomic E-state index is 10.4. The fraction of sp³-hybridized carbons (Fsp3) is 0.833. The zero-order valence-electron chi connectivity index (χ0n) is 21.6. The van der Waals surface area contributed by atoms with E-state index in [0.717, 1.165) is 19.3 Å². The average Bonchev–Trinajstić information content (AvgIpc) is 2.78. The SMILES string of the molecule is CC=CCC=CCCCCCCCCCCCCCCCCCCCCCCCC(=O)O. The molecule has 0 bridgehead atoms. The Morgan fingerprint density at radius 1 is 0.500 bits per heavy atom. The highest BCUT2D eigenvalue weighted by molar-refractivity contribution is 5.66. The van der Waals surface area contributed by atoms with Crippen molar-refractivity contribution in [3.63, 3.8) is 0 Å². The quantitative estimate of drug-likeness (QED) is 0.105. The highest BCUT2D eigenvalue weighted by atomic mass is 16.4. The topological polar surface area (TPSA) is 37.3 Å². The van der Waals surface area contributed by atoms with E-state index in [1.54, 1.807) is 0 Å². The van der Waals surface area contributed by atoms with Crippen molar-refractivity contribution in [1.82, 2.24) is 0 Å². The summed E-state index contributed by atoms with van der Waals surface area (Å²) in [6.07, 6.45) is 40.2. The smallest absolute Gasteiger partial charge is 0.303 e. The molecule has 0 aromatic carbocycles. The van der Waals surface area contributed by atoms with E-state index in [9.17, 15) is 4.79 Å². The molecule has 1 N–H and O–H groups in total. The van der Waals surface area contributed by atoms with E-state index in [-0.39, 0.29) is 0 Å². The summed E-state index contributed by atoms with van der Waals surface area (Å²) in [4.78, 5) is 10.4. The molecule has 2 nitrogen and oxygen atoms in total. The lowest BCUT2D eigenvalue weighted by Gasteiger charge is -2.04. The van der Waals surface area contributed by atoms with Crippen LogP contribution in [-0.4, -0.2) is 11.1 Å². The lowest BCUT2D eigenvalue weighted by molar-refractivity contribution is -0.137. The highest BCUT2D eigenvalue weighted by Gasteiger charge is 1.97. The Morgan fingerprint density at radius 2 is 0.844 bits per heavy atom. The third-order valence-corrected chi connectivity index (χ3v) is 6.44. The van der Waals surface area contributed by atoms with Crippen LogP contribution in [0.25, 0.3) is 0 Å². The van der Waals surface area contributed by atoms with Crippen molar-refractivity contribution in [2.75, 3.05) is 0 Å². The first-order chi connectivity index (χ1) is 15.8. The van der Waals surface area contributed by atoms with Gasteiger partial charge in [0.2, 0.25) is 0 Å². The number of carboxylic acids is 1. The number of allylic oxidation sites excluding steroid dienone is 4. The number of hydrogen-bond donors (Lipinski definition) is 1. The van der Waals surface area contributed by atoms with E-state index in [1.807, 2.05) is 0 Å². The molecule has 0 fully saturated rings. The van der Waals surface area contributed by atoms with Crippen molar-refractivity contribution < 1.29 is 9.90 Å². The van der Waals surface area contributed by atoms with Gasteiger partial charge in [-0.05, 0) is 32.6 Å². The van der Waals surface area contributed by atoms with Crippen molar-refractivity contribution in [2.24, 2.45) is 0 Å². The second kappa shape index (κ2) is 28.0. The summed E-state index contributed by atoms with van der Waals surface area (Å²) >= 11 is 0. The van der Waals surface area contributed by atoms with Gasteiger partial charge in [-0.2, -0.15) is 0 Å². The van der Waals surface area contributed by atoms with Crippen molar-refractivity contribution >= 4 is 5.97 Å². The number of hydrogen-bond acceptors (Lipinski definition) is 1. The van der Waals surface area contributed by atoms with Crippen LogP contribution in [0.5, 0.6) is 0 Å². The Labute approximate surface area is 201 Å². The molecule has 188 valence electrons. The van der Waals surface area contributed by atoms with Gasteiger partial charge in [0.25, 0.3) is 0 Å². The Bertz CT molecular complexity index is 425. The molecule has 0 saturated heterocycles. The minimum Gasteiger partial charge on any atom is -0.481 e. The fourth-order valence-electron chi connectivity index (χ4n) is 4.33. The van der Waals surface area contributed by atoms with Crippen LogP contribution in [0.4, 0.5) is 0 Å². The van der Waals surface area contributed by atoms with E-state index >= 15 is 0 Å². The van der Waals surface area contributed by atoms with Crippen LogP contribution in [0.15, 0.2) is 24.3 Å². The molecule has 0 aromatic heterocycles. The van der Waals surface area contributed by atoms with Crippen molar-refractivity contribution in [3.8, 4) is 0 Å². The summed E-state index contributed by atoms with van der Waals surface area (Å²) in [7, 11) is 0. The summed E-state index contributed by atoms with van der Waals surface area (Å²) < 4.78 is 0. The second-order valence-corrected chi connectivity index (χ2v) is 9.63. The van der Waals surface area contributed by atoms with Gasteiger partial charge in [-0.3, -0.25) is 4.79 Å². The van der Waals surface area contributed by atoms with Crippen LogP contribution >= 0.6 is 0 Å². The summed E-state index contributed by atoms with van der Waals surface area (Å²) in [5.74, 6) is -0.651. The third-order valence-electron chi connectivity index (χ3n) is 6.44. The molecule has 0 heterocycles. The largest absolute Gasteiger partial charge is 0.481 e. The van der Waals surface area contributed by atoms with Crippen LogP contribution in [0, 0.1) is 0 Å². The molecule has 0 unspecified atom stereocenters. The van der Waals surface area contributed by atoms with E-state index in [1.165, 1.54) is 128 Å². The van der Waals surface area contributed by atoms with Crippen molar-refractivity contribution in [3.05, 3.63) is 24.3 Å². The molecule has 0 atom stereocenters. The third kappa shape index (κ3) is 28.9. The first-order valence-electron chi connectivity index (χ1n) is 14.3. The average molecular weight is 449 g/mol. The van der Waals surface area contributed by atoms with Gasteiger partial charge in [-0.1, -0.05) is 146 Å². The van der Waals surface area contributed by atoms with Gasteiger partial charge < -0.3 is 5.11 Å². The minimum atomic E-state index is -0.651. The van der Waals surface area contributed by atoms with Crippen LogP contribution < -0.4 is 0 Å². The number of unbranched alkanes of at least 4 members (excludes halogenated alkanes) is 21. The van der Waals surface area contributed by atoms with Crippen LogP contribution in [-0.2, 0) is 4.79 Å². The number of carboxylic acid groups (broad SMARTS) is 1. The van der Waals surface area contributed by atoms with Gasteiger partial charge in [0.05, 0.1) is 0 Å². The predicted molar refractivity (Wildman–Crippen MR) is 142 cm³/mol. The Kier molecular flexibility index (Phi) is 27.1. The van der Waals surface area contributed by atoms with Gasteiger partial charge >= 0.3 is 5.97 Å². The molecule has 2 heteroatoms. The molecular formula is C30H56O2. The van der Waals surface area contributed by atoms with E-state index in [2.05, 4.69) is 31.2 Å². The summed E-state index contributed by atoms with van der Waals surface area (Å²) in [6.45, 7) is 2.08. The zero-order chi connectivity index (χ0) is 23.4. The van der Waals surface area contributed by atoms with E-state index < -0.39 is 5.97 Å². The first-order valence-corrected chi connectivity index (χ1v) is 14.3. The van der Waals surface area contributed by atoms with Gasteiger partial charge in [0.1, 0.15) is 0 Å². The molecule has 0 saturated carbocycles. The van der Waals surface area contributed by atoms with E-state index in [4.69, 9.17) is 5.11 Å². The summed E-state index contributed by atoms with van der Waals surface area (Å²) in [6, 6.07) is 0. The molecular weight excluding hydrogens is 392 g/mol. The monoisotopic (exact) mass is 448 g/mol. The predicted octanol–water partition coefficient (Wildman–Crippen LogP) is 10.6. The number of rotatable bonds is 26. The zero-order valence-corrected chi connectivity index (χ0v) is 21.6. The molecule has 0 aliphatic heterocycles. The second-order valence-electron chi connectivity index (χ2n) is 9.63. The van der Waals surface area contributed by atoms with Crippen LogP contribution in [0.1, 0.15) is 161 Å². The van der Waals surface area contributed by atoms with Crippen molar-refractivity contribution in [1.29, 1.82) is 0 Å². The molecule has 0 aliphatic rings. The maximum Gasteiger partial charge on any atom is 0.303 e. The fourth-order valence-corrected chi connectivity index (χ4v) is 4.33. The number of carbonyl (C=O) groups is 1. The van der Waals surface area contributed by atoms with Crippen molar-refractivity contribution in [2.45, 2.75) is 161 Å². The Balaban J connectivity index is 3.05. The maximum atomic E-state index is 10.4. The summed E-state index contributed by atoms with van der Waals surface area (Å²) in [5, 5.41) is 8.60. The van der Waals surface area contributed by atoms with Crippen LogP contribution in [0.3, 0.4) is 0 Å². The molecule has 0 aliphatic carbocycles.